The van der Waals surface area contributed by atoms with Crippen LogP contribution in [0.3, 0.4) is 0 Å². The molecule has 1 aromatic carbocycles. The minimum absolute atomic E-state index is 0. The molecule has 0 aliphatic carbocycles. The summed E-state index contributed by atoms with van der Waals surface area (Å²) in [6.07, 6.45) is 4.90. The highest BCUT2D eigenvalue weighted by Crippen LogP contribution is 2.22. The van der Waals surface area contributed by atoms with E-state index in [2.05, 4.69) is 18.7 Å². The first kappa shape index (κ1) is 17.8. The van der Waals surface area contributed by atoms with Crippen molar-refractivity contribution in [3.63, 3.8) is 0 Å². The van der Waals surface area contributed by atoms with Crippen LogP contribution < -0.4 is 5.73 Å². The molecule has 1 aliphatic heterocycles. The molecule has 0 saturated carbocycles. The van der Waals surface area contributed by atoms with Crippen LogP contribution in [0.1, 0.15) is 45.1 Å². The fraction of sp³-hybridized carbons (Fsp3) is 0.588. The van der Waals surface area contributed by atoms with E-state index in [9.17, 15) is 4.79 Å². The number of nitrogens with two attached hydrogens (primary N) is 1. The van der Waals surface area contributed by atoms with Crippen molar-refractivity contribution in [1.29, 1.82) is 0 Å². The van der Waals surface area contributed by atoms with Crippen LogP contribution in [-0.2, 0) is 11.2 Å². The predicted molar refractivity (Wildman–Crippen MR) is 90.6 cm³/mol. The van der Waals surface area contributed by atoms with Gasteiger partial charge >= 0.3 is 0 Å². The summed E-state index contributed by atoms with van der Waals surface area (Å²) in [7, 11) is 0. The number of para-hydroxylation sites is 1. The predicted octanol–water partition coefficient (Wildman–Crippen LogP) is 3.66. The molecule has 2 atom stereocenters. The first-order valence-corrected chi connectivity index (χ1v) is 7.70. The molecule has 2 N–H and O–H groups in total. The number of anilines is 1. The van der Waals surface area contributed by atoms with Crippen molar-refractivity contribution in [2.75, 3.05) is 12.3 Å². The molecule has 1 aliphatic rings. The van der Waals surface area contributed by atoms with Crippen LogP contribution in [0.15, 0.2) is 24.3 Å². The highest BCUT2D eigenvalue weighted by Gasteiger charge is 2.24. The molecule has 1 fully saturated rings. The number of hydrogen-bond acceptors (Lipinski definition) is 2. The van der Waals surface area contributed by atoms with Gasteiger partial charge in [0, 0.05) is 24.7 Å². The summed E-state index contributed by atoms with van der Waals surface area (Å²) < 4.78 is 0. The quantitative estimate of drug-likeness (QED) is 0.866. The van der Waals surface area contributed by atoms with Crippen molar-refractivity contribution in [2.24, 2.45) is 5.92 Å². The number of carbonyl (C=O) groups is 1. The van der Waals surface area contributed by atoms with Crippen molar-refractivity contribution in [3.8, 4) is 0 Å². The fourth-order valence-electron chi connectivity index (χ4n) is 3.02. The van der Waals surface area contributed by atoms with E-state index in [0.717, 1.165) is 30.6 Å². The summed E-state index contributed by atoms with van der Waals surface area (Å²) in [5, 5.41) is 0. The molecule has 1 amide bonds. The first-order chi connectivity index (χ1) is 9.58. The molecule has 118 valence electrons. The van der Waals surface area contributed by atoms with Crippen LogP contribution in [0.5, 0.6) is 0 Å². The number of aryl methyl sites for hydroxylation is 1. The lowest BCUT2D eigenvalue weighted by Gasteiger charge is -2.29. The monoisotopic (exact) mass is 310 g/mol. The average Bonchev–Trinajstić information content (AvgIpc) is 2.59. The van der Waals surface area contributed by atoms with Crippen molar-refractivity contribution < 1.29 is 4.79 Å². The summed E-state index contributed by atoms with van der Waals surface area (Å²) >= 11 is 0. The lowest BCUT2D eigenvalue weighted by Crippen LogP contribution is -2.40. The molecule has 1 aromatic rings. The molecule has 1 saturated heterocycles. The SMILES string of the molecule is CC1CCCC(C)N(C(=O)CCc2ccccc2N)C1.Cl. The normalized spacial score (nSPS) is 22.3. The maximum Gasteiger partial charge on any atom is 0.223 e. The zero-order valence-corrected chi connectivity index (χ0v) is 13.9. The van der Waals surface area contributed by atoms with Gasteiger partial charge in [0.15, 0.2) is 0 Å². The Morgan fingerprint density at radius 3 is 2.71 bits per heavy atom. The number of likely N-dealkylation sites (tertiary alicyclic amines) is 1. The van der Waals surface area contributed by atoms with Gasteiger partial charge in [0.05, 0.1) is 0 Å². The second kappa shape index (κ2) is 8.28. The maximum atomic E-state index is 12.5. The van der Waals surface area contributed by atoms with E-state index < -0.39 is 0 Å². The summed E-state index contributed by atoms with van der Waals surface area (Å²) in [6, 6.07) is 8.19. The molecule has 4 heteroatoms. The number of nitrogen functional groups attached to an aromatic ring is 1. The van der Waals surface area contributed by atoms with E-state index in [4.69, 9.17) is 5.73 Å². The number of hydrogen-bond donors (Lipinski definition) is 1. The van der Waals surface area contributed by atoms with E-state index in [1.165, 1.54) is 12.8 Å². The molecular formula is C17H27ClN2O. The number of amides is 1. The lowest BCUT2D eigenvalue weighted by atomic mass is 10.1. The number of halogens is 1. The third kappa shape index (κ3) is 4.92. The Labute approximate surface area is 134 Å². The Kier molecular flexibility index (Phi) is 7.03. The molecule has 2 unspecified atom stereocenters. The molecule has 0 radical (unpaired) electrons. The summed E-state index contributed by atoms with van der Waals surface area (Å²) in [5.41, 5.74) is 7.80. The zero-order valence-electron chi connectivity index (χ0n) is 13.0. The maximum absolute atomic E-state index is 12.5. The van der Waals surface area contributed by atoms with Crippen LogP contribution in [0, 0.1) is 5.92 Å². The van der Waals surface area contributed by atoms with E-state index in [0.29, 0.717) is 18.4 Å². The number of nitrogens with zero attached hydrogens (tertiary/aromatic N) is 1. The van der Waals surface area contributed by atoms with E-state index in [1.54, 1.807) is 0 Å². The summed E-state index contributed by atoms with van der Waals surface area (Å²) in [6.45, 7) is 5.32. The topological polar surface area (TPSA) is 46.3 Å². The summed E-state index contributed by atoms with van der Waals surface area (Å²) in [4.78, 5) is 14.6. The Morgan fingerprint density at radius 2 is 2.00 bits per heavy atom. The molecule has 1 heterocycles. The average molecular weight is 311 g/mol. The lowest BCUT2D eigenvalue weighted by molar-refractivity contribution is -0.133. The molecule has 0 spiro atoms. The minimum atomic E-state index is 0. The van der Waals surface area contributed by atoms with Gasteiger partial charge in [-0.05, 0) is 43.7 Å². The van der Waals surface area contributed by atoms with Crippen molar-refractivity contribution in [3.05, 3.63) is 29.8 Å². The highest BCUT2D eigenvalue weighted by atomic mass is 35.5. The van der Waals surface area contributed by atoms with Gasteiger partial charge in [-0.2, -0.15) is 0 Å². The number of rotatable bonds is 3. The second-order valence-corrected chi connectivity index (χ2v) is 6.13. The zero-order chi connectivity index (χ0) is 14.5. The van der Waals surface area contributed by atoms with Crippen LogP contribution in [0.2, 0.25) is 0 Å². The molecular weight excluding hydrogens is 284 g/mol. The standard InChI is InChI=1S/C17H26N2O.ClH/c1-13-6-5-7-14(2)19(12-13)17(20)11-10-15-8-3-4-9-16(15)18;/h3-4,8-9,13-14H,5-7,10-12,18H2,1-2H3;1H. The molecule has 2 rings (SSSR count). The van der Waals surface area contributed by atoms with Gasteiger partial charge in [0.25, 0.3) is 0 Å². The Bertz CT molecular complexity index is 464. The van der Waals surface area contributed by atoms with Gasteiger partial charge in [0.2, 0.25) is 5.91 Å². The second-order valence-electron chi connectivity index (χ2n) is 6.13. The molecule has 3 nitrogen and oxygen atoms in total. The Balaban J connectivity index is 0.00000220. The third-order valence-electron chi connectivity index (χ3n) is 4.34. The number of carbonyl (C=O) groups excluding carboxylic acids is 1. The Hall–Kier alpha value is -1.22. The van der Waals surface area contributed by atoms with Crippen LogP contribution in [-0.4, -0.2) is 23.4 Å². The van der Waals surface area contributed by atoms with E-state index in [1.807, 2.05) is 24.3 Å². The van der Waals surface area contributed by atoms with Crippen LogP contribution >= 0.6 is 12.4 Å². The molecule has 21 heavy (non-hydrogen) atoms. The molecule has 0 bridgehead atoms. The van der Waals surface area contributed by atoms with Crippen molar-refractivity contribution in [1.82, 2.24) is 4.90 Å². The van der Waals surface area contributed by atoms with Gasteiger partial charge in [-0.25, -0.2) is 0 Å². The molecule has 0 aromatic heterocycles. The summed E-state index contributed by atoms with van der Waals surface area (Å²) in [5.74, 6) is 0.889. The van der Waals surface area contributed by atoms with E-state index in [-0.39, 0.29) is 18.3 Å². The van der Waals surface area contributed by atoms with E-state index >= 15 is 0 Å². The number of benzene rings is 1. The van der Waals surface area contributed by atoms with Crippen molar-refractivity contribution in [2.45, 2.75) is 52.0 Å². The third-order valence-corrected chi connectivity index (χ3v) is 4.34. The van der Waals surface area contributed by atoms with Gasteiger partial charge < -0.3 is 10.6 Å². The minimum Gasteiger partial charge on any atom is -0.399 e. The highest BCUT2D eigenvalue weighted by molar-refractivity contribution is 5.85. The Morgan fingerprint density at radius 1 is 1.29 bits per heavy atom. The van der Waals surface area contributed by atoms with Crippen LogP contribution in [0.4, 0.5) is 5.69 Å². The van der Waals surface area contributed by atoms with Crippen LogP contribution in [0.25, 0.3) is 0 Å². The van der Waals surface area contributed by atoms with Gasteiger partial charge in [-0.1, -0.05) is 31.5 Å². The first-order valence-electron chi connectivity index (χ1n) is 7.70. The van der Waals surface area contributed by atoms with Gasteiger partial charge in [-0.15, -0.1) is 12.4 Å². The van der Waals surface area contributed by atoms with Gasteiger partial charge in [0.1, 0.15) is 0 Å². The van der Waals surface area contributed by atoms with Gasteiger partial charge in [-0.3, -0.25) is 4.79 Å². The van der Waals surface area contributed by atoms with Crippen molar-refractivity contribution >= 4 is 24.0 Å². The largest absolute Gasteiger partial charge is 0.399 e. The fourth-order valence-corrected chi connectivity index (χ4v) is 3.02. The smallest absolute Gasteiger partial charge is 0.223 e.